The normalized spacial score (nSPS) is 11.0. The van der Waals surface area contributed by atoms with Crippen LogP contribution in [0.25, 0.3) is 21.7 Å². The van der Waals surface area contributed by atoms with Gasteiger partial charge in [-0.2, -0.15) is 0 Å². The third kappa shape index (κ3) is 1.77. The van der Waals surface area contributed by atoms with Crippen LogP contribution >= 0.6 is 0 Å². The minimum absolute atomic E-state index is 0.215. The molecule has 0 aliphatic carbocycles. The molecule has 0 unspecified atom stereocenters. The predicted octanol–water partition coefficient (Wildman–Crippen LogP) is 2.19. The number of carbonyl (C=O) groups excluding carboxylic acids is 1. The van der Waals surface area contributed by atoms with Crippen LogP contribution in [0.3, 0.4) is 0 Å². The van der Waals surface area contributed by atoms with Gasteiger partial charge in [0.25, 0.3) is 5.56 Å². The van der Waals surface area contributed by atoms with Crippen molar-refractivity contribution in [3.8, 4) is 0 Å². The number of aryl methyl sites for hydroxylation is 2. The lowest BCUT2D eigenvalue weighted by Crippen LogP contribution is -2.21. The summed E-state index contributed by atoms with van der Waals surface area (Å²) in [7, 11) is 1.28. The van der Waals surface area contributed by atoms with Crippen LogP contribution in [-0.4, -0.2) is 28.0 Å². The molecule has 6 heteroatoms. The molecule has 3 rings (SSSR count). The van der Waals surface area contributed by atoms with E-state index >= 15 is 0 Å². The molecule has 6 nitrogen and oxygen atoms in total. The average Bonchev–Trinajstić information content (AvgIpc) is 2.51. The first-order valence-electron chi connectivity index (χ1n) is 6.69. The zero-order valence-corrected chi connectivity index (χ0v) is 12.4. The molecule has 0 atom stereocenters. The van der Waals surface area contributed by atoms with E-state index in [9.17, 15) is 14.8 Å². The van der Waals surface area contributed by atoms with Crippen molar-refractivity contribution in [2.75, 3.05) is 7.11 Å². The summed E-state index contributed by atoms with van der Waals surface area (Å²) in [6, 6.07) is 6.84. The molecule has 112 valence electrons. The fourth-order valence-electron chi connectivity index (χ4n) is 2.82. The average molecular weight is 298 g/mol. The zero-order valence-electron chi connectivity index (χ0n) is 12.4. The van der Waals surface area contributed by atoms with Gasteiger partial charge >= 0.3 is 5.97 Å². The van der Waals surface area contributed by atoms with E-state index in [0.717, 1.165) is 0 Å². The molecule has 0 spiro atoms. The number of carbonyl (C=O) groups is 1. The molecule has 2 aromatic heterocycles. The summed E-state index contributed by atoms with van der Waals surface area (Å²) in [5.74, 6) is -0.560. The van der Waals surface area contributed by atoms with Crippen molar-refractivity contribution >= 4 is 27.6 Å². The molecular formula is C16H14N2O4. The first-order valence-corrected chi connectivity index (χ1v) is 6.69. The van der Waals surface area contributed by atoms with Gasteiger partial charge in [-0.1, -0.05) is 18.2 Å². The molecule has 3 aromatic rings. The smallest absolute Gasteiger partial charge is 0.340 e. The largest absolute Gasteiger partial charge is 0.465 e. The summed E-state index contributed by atoms with van der Waals surface area (Å²) in [4.78, 5) is 28.9. The van der Waals surface area contributed by atoms with Gasteiger partial charge in [0.1, 0.15) is 0 Å². The number of benzene rings is 1. The Hall–Kier alpha value is -2.89. The lowest BCUT2D eigenvalue weighted by atomic mass is 9.99. The Morgan fingerprint density at radius 1 is 1.18 bits per heavy atom. The van der Waals surface area contributed by atoms with Crippen molar-refractivity contribution in [3.63, 3.8) is 0 Å². The van der Waals surface area contributed by atoms with Gasteiger partial charge in [0.15, 0.2) is 0 Å². The number of esters is 1. The topological polar surface area (TPSA) is 81.4 Å². The number of hydrogen-bond donors (Lipinski definition) is 1. The van der Waals surface area contributed by atoms with Crippen LogP contribution in [0, 0.1) is 13.8 Å². The Morgan fingerprint density at radius 3 is 2.55 bits per heavy atom. The van der Waals surface area contributed by atoms with E-state index in [1.807, 2.05) is 0 Å². The summed E-state index contributed by atoms with van der Waals surface area (Å²) >= 11 is 0. The summed E-state index contributed by atoms with van der Waals surface area (Å²) in [5, 5.41) is 11.4. The molecule has 22 heavy (non-hydrogen) atoms. The second-order valence-corrected chi connectivity index (χ2v) is 5.03. The molecule has 0 saturated heterocycles. The summed E-state index contributed by atoms with van der Waals surface area (Å²) < 4.78 is 5.42. The highest BCUT2D eigenvalue weighted by Crippen LogP contribution is 2.29. The quantitative estimate of drug-likeness (QED) is 0.423. The van der Waals surface area contributed by atoms with Crippen molar-refractivity contribution in [2.24, 2.45) is 0 Å². The molecule has 0 amide bonds. The van der Waals surface area contributed by atoms with Crippen LogP contribution in [0.1, 0.15) is 21.7 Å². The highest BCUT2D eigenvalue weighted by atomic mass is 16.5. The maximum Gasteiger partial charge on any atom is 0.340 e. The predicted molar refractivity (Wildman–Crippen MR) is 81.5 cm³/mol. The molecule has 2 heterocycles. The molecule has 1 N–H and O–H groups in total. The van der Waals surface area contributed by atoms with Gasteiger partial charge in [-0.25, -0.2) is 4.79 Å². The highest BCUT2D eigenvalue weighted by molar-refractivity contribution is 6.16. The highest BCUT2D eigenvalue weighted by Gasteiger charge is 2.22. The third-order valence-corrected chi connectivity index (χ3v) is 3.76. The Bertz CT molecular complexity index is 989. The fourth-order valence-corrected chi connectivity index (χ4v) is 2.82. The molecule has 0 radical (unpaired) electrons. The van der Waals surface area contributed by atoms with Crippen LogP contribution in [0.5, 0.6) is 0 Å². The summed E-state index contributed by atoms with van der Waals surface area (Å²) in [5.41, 5.74) is 0.909. The molecule has 0 aliphatic rings. The maximum atomic E-state index is 12.5. The Morgan fingerprint density at radius 2 is 1.86 bits per heavy atom. The molecule has 0 fully saturated rings. The van der Waals surface area contributed by atoms with Crippen LogP contribution in [-0.2, 0) is 4.74 Å². The summed E-state index contributed by atoms with van der Waals surface area (Å²) in [6.45, 7) is 3.37. The van der Waals surface area contributed by atoms with Crippen molar-refractivity contribution in [2.45, 2.75) is 13.8 Å². The minimum atomic E-state index is -0.608. The standard InChI is InChI=1S/C16H14N2O4/c1-8-12-14(13(9(2)17-8)16(20)22-3)10-6-4-5-7-11(10)18(21)15(12)19/h4-7,21H,1-3H3. The molecule has 0 aliphatic heterocycles. The first-order chi connectivity index (χ1) is 10.5. The van der Waals surface area contributed by atoms with E-state index in [1.165, 1.54) is 7.11 Å². The summed E-state index contributed by atoms with van der Waals surface area (Å²) in [6.07, 6.45) is 0. The van der Waals surface area contributed by atoms with Crippen LogP contribution in [0.15, 0.2) is 29.1 Å². The van der Waals surface area contributed by atoms with Gasteiger partial charge in [0.2, 0.25) is 0 Å². The monoisotopic (exact) mass is 298 g/mol. The van der Waals surface area contributed by atoms with Crippen LogP contribution in [0.4, 0.5) is 0 Å². The second-order valence-electron chi connectivity index (χ2n) is 5.03. The maximum absolute atomic E-state index is 12.5. The van der Waals surface area contributed by atoms with Crippen LogP contribution in [0.2, 0.25) is 0 Å². The first kappa shape index (κ1) is 14.1. The van der Waals surface area contributed by atoms with Crippen molar-refractivity contribution in [1.82, 2.24) is 9.71 Å². The van der Waals surface area contributed by atoms with E-state index in [0.29, 0.717) is 32.4 Å². The van der Waals surface area contributed by atoms with Crippen molar-refractivity contribution in [1.29, 1.82) is 0 Å². The number of ether oxygens (including phenoxy) is 1. The number of nitrogens with zero attached hydrogens (tertiary/aromatic N) is 2. The number of pyridine rings is 2. The van der Waals surface area contributed by atoms with E-state index in [1.54, 1.807) is 38.1 Å². The minimum Gasteiger partial charge on any atom is -0.465 e. The number of para-hydroxylation sites is 1. The van der Waals surface area contributed by atoms with E-state index in [4.69, 9.17) is 4.74 Å². The van der Waals surface area contributed by atoms with Crippen molar-refractivity contribution in [3.05, 3.63) is 51.6 Å². The molecule has 0 saturated carbocycles. The number of rotatable bonds is 1. The van der Waals surface area contributed by atoms with Gasteiger partial charge in [-0.3, -0.25) is 9.78 Å². The van der Waals surface area contributed by atoms with Gasteiger partial charge in [-0.05, 0) is 19.9 Å². The Labute approximate surface area is 125 Å². The third-order valence-electron chi connectivity index (χ3n) is 3.76. The van der Waals surface area contributed by atoms with E-state index < -0.39 is 11.5 Å². The van der Waals surface area contributed by atoms with E-state index in [2.05, 4.69) is 4.98 Å². The van der Waals surface area contributed by atoms with E-state index in [-0.39, 0.29) is 10.9 Å². The lowest BCUT2D eigenvalue weighted by Gasteiger charge is -2.13. The molecule has 0 bridgehead atoms. The number of methoxy groups -OCH3 is 1. The second kappa shape index (κ2) is 4.84. The SMILES string of the molecule is COC(=O)c1c(C)nc(C)c2c(=O)n(O)c3ccccc3c12. The fraction of sp³-hybridized carbons (Fsp3) is 0.188. The Kier molecular flexibility index (Phi) is 3.09. The molecule has 1 aromatic carbocycles. The van der Waals surface area contributed by atoms with Crippen LogP contribution < -0.4 is 5.56 Å². The lowest BCUT2D eigenvalue weighted by molar-refractivity contribution is 0.0601. The number of fused-ring (bicyclic) bond motifs is 3. The zero-order chi connectivity index (χ0) is 16.0. The number of aromatic nitrogens is 2. The van der Waals surface area contributed by atoms with Gasteiger partial charge in [-0.15, -0.1) is 4.73 Å². The molecular weight excluding hydrogens is 284 g/mol. The Balaban J connectivity index is 2.74. The van der Waals surface area contributed by atoms with Crippen molar-refractivity contribution < 1.29 is 14.7 Å². The van der Waals surface area contributed by atoms with Gasteiger partial charge < -0.3 is 9.94 Å². The number of hydrogen-bond acceptors (Lipinski definition) is 5. The van der Waals surface area contributed by atoms with Gasteiger partial charge in [0, 0.05) is 10.8 Å². The van der Waals surface area contributed by atoms with Gasteiger partial charge in [0.05, 0.1) is 35.0 Å².